The van der Waals surface area contributed by atoms with Gasteiger partial charge in [0.05, 0.1) is 5.56 Å². The van der Waals surface area contributed by atoms with Crippen LogP contribution in [0.2, 0.25) is 0 Å². The first kappa shape index (κ1) is 16.7. The lowest BCUT2D eigenvalue weighted by Gasteiger charge is -2.13. The van der Waals surface area contributed by atoms with E-state index in [1.54, 1.807) is 31.2 Å². The maximum Gasteiger partial charge on any atom is 0.197 e. The van der Waals surface area contributed by atoms with Crippen LogP contribution in [0.1, 0.15) is 27.2 Å². The van der Waals surface area contributed by atoms with Crippen molar-refractivity contribution in [2.24, 2.45) is 0 Å². The average Bonchev–Trinajstić information content (AvgIpc) is 2.86. The van der Waals surface area contributed by atoms with E-state index in [0.717, 1.165) is 4.47 Å². The Morgan fingerprint density at radius 2 is 1.83 bits per heavy atom. The molecule has 0 radical (unpaired) electrons. The quantitative estimate of drug-likeness (QED) is 0.669. The predicted molar refractivity (Wildman–Crippen MR) is 97.6 cm³/mol. The summed E-state index contributed by atoms with van der Waals surface area (Å²) in [4.78, 5) is 15.0. The first-order valence-corrected chi connectivity index (χ1v) is 8.36. The summed E-state index contributed by atoms with van der Waals surface area (Å²) >= 11 is 3.38. The van der Waals surface area contributed by atoms with E-state index in [9.17, 15) is 9.90 Å². The number of aryl methyl sites for hydroxylation is 1. The normalized spacial score (nSPS) is 11.4. The molecule has 0 saturated heterocycles. The number of carbonyl (C=O) groups excluding carboxylic acids is 1. The van der Waals surface area contributed by atoms with Gasteiger partial charge in [-0.1, -0.05) is 15.9 Å². The molecule has 24 heavy (non-hydrogen) atoms. The topological polar surface area (TPSA) is 53.7 Å². The standard InChI is InChI=1S/C19H18BrNO3/c1-11-17(19(23)12-4-6-13(20)7-5-12)18-14(10-21(2)3)15(22)8-9-16(18)24-11/h4-9,22H,10H2,1-3H3. The summed E-state index contributed by atoms with van der Waals surface area (Å²) in [5.74, 6) is 0.620. The van der Waals surface area contributed by atoms with Crippen LogP contribution in [0.15, 0.2) is 45.3 Å². The zero-order valence-corrected chi connectivity index (χ0v) is 15.3. The van der Waals surface area contributed by atoms with E-state index < -0.39 is 0 Å². The lowest BCUT2D eigenvalue weighted by Crippen LogP contribution is -2.12. The molecule has 0 amide bonds. The molecule has 0 bridgehead atoms. The second-order valence-corrected chi connectivity index (χ2v) is 6.96. The summed E-state index contributed by atoms with van der Waals surface area (Å²) in [5, 5.41) is 11.0. The molecule has 4 nitrogen and oxygen atoms in total. The van der Waals surface area contributed by atoms with Crippen molar-refractivity contribution in [3.8, 4) is 5.75 Å². The Morgan fingerprint density at radius 3 is 2.46 bits per heavy atom. The molecular weight excluding hydrogens is 370 g/mol. The Morgan fingerprint density at radius 1 is 1.17 bits per heavy atom. The van der Waals surface area contributed by atoms with E-state index in [2.05, 4.69) is 15.9 Å². The van der Waals surface area contributed by atoms with Gasteiger partial charge in [-0.2, -0.15) is 0 Å². The van der Waals surface area contributed by atoms with Crippen molar-refractivity contribution in [2.75, 3.05) is 14.1 Å². The van der Waals surface area contributed by atoms with Gasteiger partial charge >= 0.3 is 0 Å². The fourth-order valence-corrected chi connectivity index (χ4v) is 3.13. The van der Waals surface area contributed by atoms with Gasteiger partial charge in [0, 0.05) is 27.5 Å². The Balaban J connectivity index is 2.23. The third kappa shape index (κ3) is 2.97. The fourth-order valence-electron chi connectivity index (χ4n) is 2.86. The maximum absolute atomic E-state index is 13.0. The van der Waals surface area contributed by atoms with Crippen molar-refractivity contribution in [3.63, 3.8) is 0 Å². The number of nitrogens with zero attached hydrogens (tertiary/aromatic N) is 1. The Hall–Kier alpha value is -2.11. The molecule has 1 heterocycles. The largest absolute Gasteiger partial charge is 0.508 e. The third-order valence-electron chi connectivity index (χ3n) is 3.92. The number of phenols is 1. The molecule has 124 valence electrons. The van der Waals surface area contributed by atoms with Crippen LogP contribution in [0.25, 0.3) is 11.0 Å². The molecule has 2 aromatic carbocycles. The van der Waals surface area contributed by atoms with Gasteiger partial charge in [0.25, 0.3) is 0 Å². The number of aromatic hydroxyl groups is 1. The van der Waals surface area contributed by atoms with Crippen molar-refractivity contribution >= 4 is 32.7 Å². The average molecular weight is 388 g/mol. The maximum atomic E-state index is 13.0. The number of rotatable bonds is 4. The molecule has 1 aromatic heterocycles. The van der Waals surface area contributed by atoms with E-state index in [-0.39, 0.29) is 11.5 Å². The highest BCUT2D eigenvalue weighted by atomic mass is 79.9. The molecule has 0 saturated carbocycles. The van der Waals surface area contributed by atoms with Gasteiger partial charge in [-0.15, -0.1) is 0 Å². The van der Waals surface area contributed by atoms with E-state index in [1.165, 1.54) is 0 Å². The summed E-state index contributed by atoms with van der Waals surface area (Å²) in [5.41, 5.74) is 2.42. The minimum absolute atomic E-state index is 0.107. The van der Waals surface area contributed by atoms with Crippen LogP contribution in [0.3, 0.4) is 0 Å². The van der Waals surface area contributed by atoms with Gasteiger partial charge in [0.1, 0.15) is 17.1 Å². The van der Waals surface area contributed by atoms with E-state index in [0.29, 0.717) is 40.0 Å². The molecule has 3 aromatic rings. The molecule has 1 N–H and O–H groups in total. The van der Waals surface area contributed by atoms with Crippen molar-refractivity contribution in [3.05, 3.63) is 63.3 Å². The van der Waals surface area contributed by atoms with E-state index in [4.69, 9.17) is 4.42 Å². The minimum atomic E-state index is -0.107. The predicted octanol–water partition coefficient (Wildman–Crippen LogP) is 4.50. The van der Waals surface area contributed by atoms with Crippen LogP contribution in [-0.2, 0) is 6.54 Å². The van der Waals surface area contributed by atoms with Gasteiger partial charge in [-0.05, 0) is 57.4 Å². The van der Waals surface area contributed by atoms with Gasteiger partial charge in [0.15, 0.2) is 5.78 Å². The first-order chi connectivity index (χ1) is 11.4. The van der Waals surface area contributed by atoms with E-state index in [1.807, 2.05) is 31.1 Å². The molecule has 0 aliphatic carbocycles. The van der Waals surface area contributed by atoms with Crippen molar-refractivity contribution in [1.82, 2.24) is 4.90 Å². The number of fused-ring (bicyclic) bond motifs is 1. The number of halogens is 1. The monoisotopic (exact) mass is 387 g/mol. The number of furan rings is 1. The number of hydrogen-bond donors (Lipinski definition) is 1. The molecule has 0 fully saturated rings. The molecule has 0 unspecified atom stereocenters. The molecule has 5 heteroatoms. The van der Waals surface area contributed by atoms with Crippen molar-refractivity contribution in [1.29, 1.82) is 0 Å². The minimum Gasteiger partial charge on any atom is -0.508 e. The number of carbonyl (C=O) groups is 1. The highest BCUT2D eigenvalue weighted by molar-refractivity contribution is 9.10. The highest BCUT2D eigenvalue weighted by Crippen LogP contribution is 2.35. The van der Waals surface area contributed by atoms with Crippen molar-refractivity contribution < 1.29 is 14.3 Å². The molecular formula is C19H18BrNO3. The Labute approximate surface area is 148 Å². The molecule has 0 spiro atoms. The number of ketones is 1. The molecule has 0 aliphatic heterocycles. The highest BCUT2D eigenvalue weighted by Gasteiger charge is 2.23. The summed E-state index contributed by atoms with van der Waals surface area (Å²) < 4.78 is 6.70. The van der Waals surface area contributed by atoms with Crippen LogP contribution in [0, 0.1) is 6.92 Å². The Kier molecular flexibility index (Phi) is 4.47. The smallest absolute Gasteiger partial charge is 0.197 e. The van der Waals surface area contributed by atoms with Gasteiger partial charge < -0.3 is 14.4 Å². The second-order valence-electron chi connectivity index (χ2n) is 6.04. The molecule has 3 rings (SSSR count). The van der Waals surface area contributed by atoms with Crippen LogP contribution in [0.5, 0.6) is 5.75 Å². The number of hydrogen-bond acceptors (Lipinski definition) is 4. The number of benzene rings is 2. The summed E-state index contributed by atoms with van der Waals surface area (Å²) in [6.07, 6.45) is 0. The van der Waals surface area contributed by atoms with E-state index >= 15 is 0 Å². The van der Waals surface area contributed by atoms with Crippen LogP contribution in [-0.4, -0.2) is 29.9 Å². The SMILES string of the molecule is Cc1oc2ccc(O)c(CN(C)C)c2c1C(=O)c1ccc(Br)cc1. The van der Waals surface area contributed by atoms with Gasteiger partial charge in [0.2, 0.25) is 0 Å². The van der Waals surface area contributed by atoms with Crippen molar-refractivity contribution in [2.45, 2.75) is 13.5 Å². The summed E-state index contributed by atoms with van der Waals surface area (Å²) in [6, 6.07) is 10.5. The van der Waals surface area contributed by atoms with Crippen LogP contribution >= 0.6 is 15.9 Å². The second kappa shape index (κ2) is 6.42. The number of phenolic OH excluding ortho intramolecular Hbond substituents is 1. The summed E-state index contributed by atoms with van der Waals surface area (Å²) in [6.45, 7) is 2.30. The third-order valence-corrected chi connectivity index (χ3v) is 4.45. The molecule has 0 atom stereocenters. The summed E-state index contributed by atoms with van der Waals surface area (Å²) in [7, 11) is 3.84. The zero-order valence-electron chi connectivity index (χ0n) is 13.8. The van der Waals surface area contributed by atoms with Gasteiger partial charge in [-0.25, -0.2) is 0 Å². The fraction of sp³-hybridized carbons (Fsp3) is 0.211. The lowest BCUT2D eigenvalue weighted by atomic mass is 9.97. The lowest BCUT2D eigenvalue weighted by molar-refractivity contribution is 0.103. The first-order valence-electron chi connectivity index (χ1n) is 7.57. The van der Waals surface area contributed by atoms with Crippen LogP contribution in [0.4, 0.5) is 0 Å². The zero-order chi connectivity index (χ0) is 17.4. The van der Waals surface area contributed by atoms with Gasteiger partial charge in [-0.3, -0.25) is 4.79 Å². The van der Waals surface area contributed by atoms with Crippen LogP contribution < -0.4 is 0 Å². The molecule has 0 aliphatic rings. The Bertz CT molecular complexity index is 911.